The summed E-state index contributed by atoms with van der Waals surface area (Å²) in [4.78, 5) is 0. The van der Waals surface area contributed by atoms with Crippen LogP contribution in [0.25, 0.3) is 34.4 Å². The first-order valence-electron chi connectivity index (χ1n) is 18.2. The summed E-state index contributed by atoms with van der Waals surface area (Å²) in [6.45, 7) is 18.8. The largest absolute Gasteiger partial charge is 1.00 e. The third-order valence-corrected chi connectivity index (χ3v) is 23.7. The van der Waals surface area contributed by atoms with E-state index in [0.29, 0.717) is 8.45 Å². The summed E-state index contributed by atoms with van der Waals surface area (Å²) in [5.74, 6) is 0. The fourth-order valence-electron chi connectivity index (χ4n) is 10.5. The number of hydrogen-bond donors (Lipinski definition) is 0. The van der Waals surface area contributed by atoms with Crippen molar-refractivity contribution in [1.82, 2.24) is 0 Å². The van der Waals surface area contributed by atoms with Crippen LogP contribution in [0.1, 0.15) is 123 Å². The zero-order valence-electron chi connectivity index (χ0n) is 30.6. The molecule has 0 amide bonds. The summed E-state index contributed by atoms with van der Waals surface area (Å²) in [7, 11) is 0. The van der Waals surface area contributed by atoms with Crippen LogP contribution in [0.5, 0.6) is 0 Å². The topological polar surface area (TPSA) is 0 Å². The number of rotatable bonds is 4. The Morgan fingerprint density at radius 2 is 0.878 bits per heavy atom. The second-order valence-corrected chi connectivity index (χ2v) is 24.7. The van der Waals surface area contributed by atoms with Gasteiger partial charge in [0.2, 0.25) is 0 Å². The Hall–Kier alpha value is -2.35. The van der Waals surface area contributed by atoms with Crippen LogP contribution in [0.3, 0.4) is 0 Å². The van der Waals surface area contributed by atoms with Gasteiger partial charge >= 0.3 is 289 Å². The van der Waals surface area contributed by atoms with Crippen LogP contribution in [0, 0.1) is 0 Å². The Morgan fingerprint density at radius 1 is 0.510 bits per heavy atom. The molecule has 1 heterocycles. The Morgan fingerprint density at radius 3 is 1.22 bits per heavy atom. The van der Waals surface area contributed by atoms with E-state index in [-0.39, 0.29) is 35.6 Å². The molecule has 0 bridgehead atoms. The molecular formula is C46H52Cl2Ti. The van der Waals surface area contributed by atoms with Crippen LogP contribution >= 0.6 is 0 Å². The first-order valence-corrected chi connectivity index (χ1v) is 21.9. The van der Waals surface area contributed by atoms with Crippen molar-refractivity contribution < 1.29 is 41.4 Å². The molecule has 0 N–H and O–H groups in total. The minimum Gasteiger partial charge on any atom is -1.00 e. The molecule has 1 aliphatic heterocycles. The Labute approximate surface area is 312 Å². The molecule has 0 radical (unpaired) electrons. The van der Waals surface area contributed by atoms with Crippen molar-refractivity contribution >= 4 is 12.2 Å². The molecule has 4 atom stereocenters. The van der Waals surface area contributed by atoms with Gasteiger partial charge in [-0.1, -0.05) is 0 Å². The predicted molar refractivity (Wildman–Crippen MR) is 200 cm³/mol. The first-order chi connectivity index (χ1) is 22.4. The van der Waals surface area contributed by atoms with E-state index in [4.69, 9.17) is 0 Å². The average Bonchev–Trinajstić information content (AvgIpc) is 3.35. The third kappa shape index (κ3) is 5.78. The number of hydrogen-bond acceptors (Lipinski definition) is 0. The third-order valence-electron chi connectivity index (χ3n) is 12.6. The molecule has 4 unspecified atom stereocenters. The quantitative estimate of drug-likeness (QED) is 0.191. The molecule has 8 rings (SSSR count). The molecular weight excluding hydrogens is 671 g/mol. The van der Waals surface area contributed by atoms with Crippen molar-refractivity contribution in [2.24, 2.45) is 0 Å². The van der Waals surface area contributed by atoms with Crippen molar-refractivity contribution in [1.29, 1.82) is 0 Å². The molecule has 4 aromatic carbocycles. The van der Waals surface area contributed by atoms with Crippen molar-refractivity contribution in [2.75, 3.05) is 0 Å². The van der Waals surface area contributed by atoms with Crippen molar-refractivity contribution in [3.8, 4) is 22.3 Å². The molecule has 4 aromatic rings. The molecule has 0 nitrogen and oxygen atoms in total. The van der Waals surface area contributed by atoms with E-state index in [1.54, 1.807) is 22.3 Å². The smallest absolute Gasteiger partial charge is 1.00 e. The van der Waals surface area contributed by atoms with Gasteiger partial charge in [0.25, 0.3) is 0 Å². The predicted octanol–water partition coefficient (Wildman–Crippen LogP) is 7.56. The Bertz CT molecular complexity index is 1790. The number of benzene rings is 4. The number of fused-ring (bicyclic) bond motifs is 3. The maximum atomic E-state index is 2.62. The van der Waals surface area contributed by atoms with Crippen LogP contribution in [0.4, 0.5) is 0 Å². The molecule has 49 heavy (non-hydrogen) atoms. The average molecular weight is 724 g/mol. The number of halogens is 2. The van der Waals surface area contributed by atoms with E-state index in [1.807, 2.05) is 0 Å². The molecule has 0 aromatic heterocycles. The van der Waals surface area contributed by atoms with Gasteiger partial charge in [-0.25, -0.2) is 0 Å². The van der Waals surface area contributed by atoms with Crippen molar-refractivity contribution in [3.63, 3.8) is 0 Å². The molecule has 1 saturated heterocycles. The van der Waals surface area contributed by atoms with Gasteiger partial charge in [-0.05, 0) is 0 Å². The van der Waals surface area contributed by atoms with E-state index in [9.17, 15) is 0 Å². The molecule has 1 saturated carbocycles. The van der Waals surface area contributed by atoms with E-state index in [1.165, 1.54) is 70.2 Å². The summed E-state index contributed by atoms with van der Waals surface area (Å²) in [5.41, 5.74) is 18.4. The van der Waals surface area contributed by atoms with Gasteiger partial charge in [0.1, 0.15) is 0 Å². The summed E-state index contributed by atoms with van der Waals surface area (Å²) < 4.78 is 3.26. The van der Waals surface area contributed by atoms with Crippen LogP contribution in [-0.4, -0.2) is 0 Å². The normalized spacial score (nSPS) is 23.9. The van der Waals surface area contributed by atoms with Gasteiger partial charge < -0.3 is 24.8 Å². The molecule has 3 heteroatoms. The summed E-state index contributed by atoms with van der Waals surface area (Å²) in [5, 5.41) is 0. The van der Waals surface area contributed by atoms with Gasteiger partial charge in [-0.3, -0.25) is 0 Å². The zero-order valence-corrected chi connectivity index (χ0v) is 33.7. The minimum absolute atomic E-state index is 0. The fraction of sp³-hybridized carbons (Fsp3) is 0.391. The summed E-state index contributed by atoms with van der Waals surface area (Å²) in [6, 6.07) is 33.5. The van der Waals surface area contributed by atoms with Gasteiger partial charge in [0, 0.05) is 0 Å². The van der Waals surface area contributed by atoms with Gasteiger partial charge in [-0.2, -0.15) is 0 Å². The minimum atomic E-state index is -2.60. The second kappa shape index (κ2) is 13.0. The van der Waals surface area contributed by atoms with Gasteiger partial charge in [0.05, 0.1) is 0 Å². The van der Waals surface area contributed by atoms with E-state index >= 15 is 0 Å². The van der Waals surface area contributed by atoms with Gasteiger partial charge in [0.15, 0.2) is 0 Å². The van der Waals surface area contributed by atoms with Crippen molar-refractivity contribution in [3.05, 3.63) is 129 Å². The fourth-order valence-corrected chi connectivity index (χ4v) is 24.7. The zero-order chi connectivity index (χ0) is 32.9. The maximum absolute atomic E-state index is 2.62. The second-order valence-electron chi connectivity index (χ2n) is 17.4. The SMILES string of the molecule is CC1=Cc2c(-c3ccc(C(C)(C)C)cc3)cccc2[CH]1[Ti+2]1([CH]2C(C)=Cc3c(-c4ccc(C(C)(C)C)cc4)cccc32)[CH]2CCCC[CH]21.[Cl-].[Cl-]. The van der Waals surface area contributed by atoms with Crippen LogP contribution < -0.4 is 24.8 Å². The van der Waals surface area contributed by atoms with Gasteiger partial charge in [-0.15, -0.1) is 0 Å². The van der Waals surface area contributed by atoms with E-state index < -0.39 is 16.6 Å². The molecule has 3 aliphatic carbocycles. The molecule has 0 spiro atoms. The Kier molecular flexibility index (Phi) is 9.68. The summed E-state index contributed by atoms with van der Waals surface area (Å²) in [6.07, 6.45) is 11.0. The van der Waals surface area contributed by atoms with Crippen molar-refractivity contribution in [2.45, 2.75) is 109 Å². The monoisotopic (exact) mass is 722 g/mol. The Balaban J connectivity index is 0.00000208. The molecule has 4 aliphatic rings. The van der Waals surface area contributed by atoms with Crippen LogP contribution in [0.15, 0.2) is 96.1 Å². The summed E-state index contributed by atoms with van der Waals surface area (Å²) >= 11 is -2.60. The molecule has 254 valence electrons. The standard InChI is InChI=1S/2C20H21.C6H10.2ClH.Ti/c2*1-14-12-16-6-5-7-18(19(16)13-14)15-8-10-17(11-9-15)20(2,3)4;1-2-4-6-5-3-1;;;/h2*5-13H,1-4H3;1-2H,3-6H2;2*1H;/q;;;;;+2/p-2. The first kappa shape index (κ1) is 36.4. The van der Waals surface area contributed by atoms with E-state index in [0.717, 1.165) is 8.45 Å². The van der Waals surface area contributed by atoms with E-state index in [2.05, 4.69) is 152 Å². The molecule has 2 fully saturated rings. The van der Waals surface area contributed by atoms with Crippen LogP contribution in [-0.2, 0) is 27.4 Å². The maximum Gasteiger partial charge on any atom is -1.00 e. The number of allylic oxidation sites excluding steroid dienone is 2. The van der Waals surface area contributed by atoms with Crippen LogP contribution in [0.2, 0.25) is 8.45 Å².